The molecule has 1 heterocycles. The van der Waals surface area contributed by atoms with Crippen molar-refractivity contribution in [2.24, 2.45) is 0 Å². The van der Waals surface area contributed by atoms with Gasteiger partial charge in [-0.3, -0.25) is 14.5 Å². The average molecular weight is 325 g/mol. The Morgan fingerprint density at radius 1 is 1.27 bits per heavy atom. The van der Waals surface area contributed by atoms with Gasteiger partial charge in [0.2, 0.25) is 0 Å². The zero-order chi connectivity index (χ0) is 15.9. The molecule has 1 aromatic carbocycles. The monoisotopic (exact) mass is 324 g/mol. The second kappa shape index (κ2) is 8.27. The molecule has 1 aliphatic heterocycles. The molecule has 1 atom stereocenters. The number of benzene rings is 1. The number of ether oxygens (including phenoxy) is 1. The van der Waals surface area contributed by atoms with Crippen LogP contribution in [0.15, 0.2) is 24.3 Å². The first-order valence-electron chi connectivity index (χ1n) is 7.52. The van der Waals surface area contributed by atoms with Crippen LogP contribution in [-0.2, 0) is 9.53 Å². The van der Waals surface area contributed by atoms with Gasteiger partial charge in [-0.2, -0.15) is 0 Å². The summed E-state index contributed by atoms with van der Waals surface area (Å²) in [6.45, 7) is 5.18. The summed E-state index contributed by atoms with van der Waals surface area (Å²) in [7, 11) is 0. The Bertz CT molecular complexity index is 513. The molecule has 0 radical (unpaired) electrons. The molecular weight excluding hydrogens is 304 g/mol. The molecular formula is C16H21ClN2O3. The molecule has 0 saturated carbocycles. The Hall–Kier alpha value is -1.43. The van der Waals surface area contributed by atoms with Crippen molar-refractivity contribution in [2.45, 2.75) is 19.4 Å². The van der Waals surface area contributed by atoms with E-state index in [1.807, 2.05) is 4.90 Å². The molecule has 2 rings (SSSR count). The van der Waals surface area contributed by atoms with Gasteiger partial charge in [0, 0.05) is 43.2 Å². The molecule has 0 aromatic heterocycles. The minimum Gasteiger partial charge on any atom is -0.465 e. The lowest BCUT2D eigenvalue weighted by Crippen LogP contribution is -2.52. The number of Topliss-reactive ketones (excluding diaryl/α,β-unsaturated/α-hetero) is 1. The number of hydrogen-bond acceptors (Lipinski definition) is 5. The van der Waals surface area contributed by atoms with Crippen LogP contribution in [0, 0.1) is 0 Å². The van der Waals surface area contributed by atoms with E-state index >= 15 is 0 Å². The number of piperazine rings is 1. The molecule has 0 amide bonds. The van der Waals surface area contributed by atoms with Crippen LogP contribution in [-0.4, -0.2) is 55.5 Å². The standard InChI is InChI=1S/C16H21ClN2O3/c1-2-22-16(21)14(19-9-7-18-8-10-19)11-15(20)12-3-5-13(17)6-4-12/h3-6,14,18H,2,7-11H2,1H3/t14-/m0/s1. The molecule has 22 heavy (non-hydrogen) atoms. The van der Waals surface area contributed by atoms with Gasteiger partial charge in [-0.05, 0) is 31.2 Å². The molecule has 1 fully saturated rings. The molecule has 1 saturated heterocycles. The van der Waals surface area contributed by atoms with Crippen LogP contribution in [0.1, 0.15) is 23.7 Å². The van der Waals surface area contributed by atoms with Gasteiger partial charge in [0.15, 0.2) is 5.78 Å². The Labute approximate surface area is 135 Å². The Morgan fingerprint density at radius 2 is 1.91 bits per heavy atom. The zero-order valence-corrected chi connectivity index (χ0v) is 13.4. The number of rotatable bonds is 6. The van der Waals surface area contributed by atoms with Crippen LogP contribution >= 0.6 is 11.6 Å². The summed E-state index contributed by atoms with van der Waals surface area (Å²) < 4.78 is 5.14. The van der Waals surface area contributed by atoms with E-state index in [1.165, 1.54) is 0 Å². The van der Waals surface area contributed by atoms with Crippen LogP contribution in [0.4, 0.5) is 0 Å². The summed E-state index contributed by atoms with van der Waals surface area (Å²) >= 11 is 5.83. The Kier molecular flexibility index (Phi) is 6.36. The van der Waals surface area contributed by atoms with Crippen LogP contribution in [0.2, 0.25) is 5.02 Å². The molecule has 0 spiro atoms. The molecule has 0 bridgehead atoms. The maximum Gasteiger partial charge on any atom is 0.323 e. The number of carbonyl (C=O) groups excluding carboxylic acids is 2. The molecule has 5 nitrogen and oxygen atoms in total. The number of hydrogen-bond donors (Lipinski definition) is 1. The van der Waals surface area contributed by atoms with E-state index in [0.717, 1.165) is 26.2 Å². The maximum atomic E-state index is 12.4. The van der Waals surface area contributed by atoms with E-state index < -0.39 is 6.04 Å². The normalized spacial score (nSPS) is 17.0. The highest BCUT2D eigenvalue weighted by Crippen LogP contribution is 2.15. The van der Waals surface area contributed by atoms with Crippen LogP contribution in [0.5, 0.6) is 0 Å². The highest BCUT2D eigenvalue weighted by Gasteiger charge is 2.30. The molecule has 0 aliphatic carbocycles. The van der Waals surface area contributed by atoms with Gasteiger partial charge in [-0.1, -0.05) is 11.6 Å². The first-order chi connectivity index (χ1) is 10.6. The maximum absolute atomic E-state index is 12.4. The lowest BCUT2D eigenvalue weighted by Gasteiger charge is -2.33. The van der Waals surface area contributed by atoms with Crippen molar-refractivity contribution < 1.29 is 14.3 Å². The molecule has 1 N–H and O–H groups in total. The van der Waals surface area contributed by atoms with E-state index in [4.69, 9.17) is 16.3 Å². The minimum atomic E-state index is -0.523. The largest absolute Gasteiger partial charge is 0.465 e. The predicted molar refractivity (Wildman–Crippen MR) is 85.3 cm³/mol. The van der Waals surface area contributed by atoms with Crippen LogP contribution in [0.3, 0.4) is 0 Å². The molecule has 120 valence electrons. The topological polar surface area (TPSA) is 58.6 Å². The third-order valence-electron chi connectivity index (χ3n) is 3.70. The fourth-order valence-electron chi connectivity index (χ4n) is 2.52. The minimum absolute atomic E-state index is 0.0757. The van der Waals surface area contributed by atoms with Gasteiger partial charge >= 0.3 is 5.97 Å². The first kappa shape index (κ1) is 16.9. The number of esters is 1. The van der Waals surface area contributed by atoms with Crippen molar-refractivity contribution in [3.8, 4) is 0 Å². The number of carbonyl (C=O) groups is 2. The van der Waals surface area contributed by atoms with Crippen molar-refractivity contribution in [3.05, 3.63) is 34.9 Å². The number of nitrogens with one attached hydrogen (secondary N) is 1. The highest BCUT2D eigenvalue weighted by atomic mass is 35.5. The summed E-state index contributed by atoms with van der Waals surface area (Å²) in [6, 6.07) is 6.21. The van der Waals surface area contributed by atoms with Crippen molar-refractivity contribution >= 4 is 23.4 Å². The molecule has 6 heteroatoms. The summed E-state index contributed by atoms with van der Waals surface area (Å²) in [6.07, 6.45) is 0.125. The molecule has 1 aliphatic rings. The molecule has 1 aromatic rings. The van der Waals surface area contributed by atoms with Gasteiger partial charge in [0.05, 0.1) is 6.61 Å². The zero-order valence-electron chi connectivity index (χ0n) is 12.7. The highest BCUT2D eigenvalue weighted by molar-refractivity contribution is 6.30. The number of ketones is 1. The van der Waals surface area contributed by atoms with Gasteiger partial charge in [0.25, 0.3) is 0 Å². The van der Waals surface area contributed by atoms with Gasteiger partial charge in [-0.15, -0.1) is 0 Å². The van der Waals surface area contributed by atoms with Gasteiger partial charge < -0.3 is 10.1 Å². The third-order valence-corrected chi connectivity index (χ3v) is 3.95. The van der Waals surface area contributed by atoms with Crippen molar-refractivity contribution in [2.75, 3.05) is 32.8 Å². The van der Waals surface area contributed by atoms with Crippen molar-refractivity contribution in [1.82, 2.24) is 10.2 Å². The fourth-order valence-corrected chi connectivity index (χ4v) is 2.65. The summed E-state index contributed by atoms with van der Waals surface area (Å²) in [4.78, 5) is 26.6. The van der Waals surface area contributed by atoms with Crippen LogP contribution < -0.4 is 5.32 Å². The van der Waals surface area contributed by atoms with E-state index in [9.17, 15) is 9.59 Å². The van der Waals surface area contributed by atoms with Crippen LogP contribution in [0.25, 0.3) is 0 Å². The number of nitrogens with zero attached hydrogens (tertiary/aromatic N) is 1. The lowest BCUT2D eigenvalue weighted by atomic mass is 10.0. The second-order valence-electron chi connectivity index (χ2n) is 5.19. The van der Waals surface area contributed by atoms with E-state index in [0.29, 0.717) is 17.2 Å². The third kappa shape index (κ3) is 4.53. The lowest BCUT2D eigenvalue weighted by molar-refractivity contribution is -0.149. The van der Waals surface area contributed by atoms with Gasteiger partial charge in [-0.25, -0.2) is 0 Å². The quantitative estimate of drug-likeness (QED) is 0.638. The van der Waals surface area contributed by atoms with Crippen molar-refractivity contribution in [3.63, 3.8) is 0 Å². The van der Waals surface area contributed by atoms with E-state index in [2.05, 4.69) is 5.32 Å². The van der Waals surface area contributed by atoms with Gasteiger partial charge in [0.1, 0.15) is 6.04 Å². The van der Waals surface area contributed by atoms with E-state index in [-0.39, 0.29) is 18.2 Å². The summed E-state index contributed by atoms with van der Waals surface area (Å²) in [5.41, 5.74) is 0.564. The number of halogens is 1. The predicted octanol–water partition coefficient (Wildman–Crippen LogP) is 1.75. The second-order valence-corrected chi connectivity index (χ2v) is 5.62. The fraction of sp³-hybridized carbons (Fsp3) is 0.500. The molecule has 0 unspecified atom stereocenters. The first-order valence-corrected chi connectivity index (χ1v) is 7.89. The average Bonchev–Trinajstić information content (AvgIpc) is 2.54. The van der Waals surface area contributed by atoms with E-state index in [1.54, 1.807) is 31.2 Å². The Balaban J connectivity index is 2.09. The van der Waals surface area contributed by atoms with Crippen molar-refractivity contribution in [1.29, 1.82) is 0 Å². The smallest absolute Gasteiger partial charge is 0.323 e. The SMILES string of the molecule is CCOC(=O)[C@H](CC(=O)c1ccc(Cl)cc1)N1CCNCC1. The summed E-state index contributed by atoms with van der Waals surface area (Å²) in [5, 5.41) is 3.82. The summed E-state index contributed by atoms with van der Waals surface area (Å²) in [5.74, 6) is -0.403. The Morgan fingerprint density at radius 3 is 2.50 bits per heavy atom.